The van der Waals surface area contributed by atoms with E-state index in [-0.39, 0.29) is 5.84 Å². The van der Waals surface area contributed by atoms with Crippen LogP contribution in [0, 0.1) is 0 Å². The van der Waals surface area contributed by atoms with Gasteiger partial charge in [-0.15, -0.1) is 0 Å². The monoisotopic (exact) mass is 277 g/mol. The van der Waals surface area contributed by atoms with Crippen molar-refractivity contribution in [2.45, 2.75) is 52.6 Å². The van der Waals surface area contributed by atoms with Crippen LogP contribution in [-0.4, -0.2) is 28.5 Å². The van der Waals surface area contributed by atoms with E-state index in [1.54, 1.807) is 0 Å². The predicted octanol–water partition coefficient (Wildman–Crippen LogP) is 3.18. The summed E-state index contributed by atoms with van der Waals surface area (Å²) in [5, 5.41) is 11.7. The molecule has 1 aromatic carbocycles. The van der Waals surface area contributed by atoms with E-state index < -0.39 is 0 Å². The molecule has 0 aliphatic heterocycles. The summed E-state index contributed by atoms with van der Waals surface area (Å²) >= 11 is 0. The highest BCUT2D eigenvalue weighted by atomic mass is 16.4. The lowest BCUT2D eigenvalue weighted by atomic mass is 10.1. The van der Waals surface area contributed by atoms with E-state index in [4.69, 9.17) is 10.9 Å². The highest BCUT2D eigenvalue weighted by Crippen LogP contribution is 2.13. The minimum atomic E-state index is 0.154. The molecule has 0 fully saturated rings. The Morgan fingerprint density at radius 3 is 2.45 bits per heavy atom. The lowest BCUT2D eigenvalue weighted by Gasteiger charge is -2.28. The minimum Gasteiger partial charge on any atom is -0.409 e. The van der Waals surface area contributed by atoms with Gasteiger partial charge in [-0.05, 0) is 31.9 Å². The van der Waals surface area contributed by atoms with E-state index >= 15 is 0 Å². The molecule has 1 aromatic rings. The molecule has 4 nitrogen and oxygen atoms in total. The molecule has 0 amide bonds. The summed E-state index contributed by atoms with van der Waals surface area (Å²) in [4.78, 5) is 2.52. The molecule has 0 aliphatic rings. The number of unbranched alkanes of at least 4 members (excludes halogenated alkanes) is 1. The standard InChI is InChI=1S/C16H27N3O/c1-4-6-11-19(13(3)5-2)12-14-7-9-15(10-8-14)16(17)18-20/h7-10,13,20H,4-6,11-12H2,1-3H3,(H2,17,18). The molecule has 0 aromatic heterocycles. The van der Waals surface area contributed by atoms with Crippen molar-refractivity contribution in [3.63, 3.8) is 0 Å². The van der Waals surface area contributed by atoms with Crippen LogP contribution < -0.4 is 5.73 Å². The molecule has 0 bridgehead atoms. The smallest absolute Gasteiger partial charge is 0.170 e. The number of nitrogens with zero attached hydrogens (tertiary/aromatic N) is 2. The largest absolute Gasteiger partial charge is 0.409 e. The van der Waals surface area contributed by atoms with E-state index in [0.29, 0.717) is 6.04 Å². The van der Waals surface area contributed by atoms with E-state index in [1.165, 1.54) is 18.4 Å². The quantitative estimate of drug-likeness (QED) is 0.332. The predicted molar refractivity (Wildman–Crippen MR) is 84.0 cm³/mol. The van der Waals surface area contributed by atoms with Gasteiger partial charge in [0.15, 0.2) is 5.84 Å². The van der Waals surface area contributed by atoms with Crippen LogP contribution in [0.15, 0.2) is 29.4 Å². The van der Waals surface area contributed by atoms with Crippen molar-refractivity contribution in [1.82, 2.24) is 4.90 Å². The zero-order valence-corrected chi connectivity index (χ0v) is 12.8. The highest BCUT2D eigenvalue weighted by Gasteiger charge is 2.12. The summed E-state index contributed by atoms with van der Waals surface area (Å²) in [6, 6.07) is 8.49. The van der Waals surface area contributed by atoms with Gasteiger partial charge in [-0.3, -0.25) is 4.90 Å². The molecule has 0 heterocycles. The summed E-state index contributed by atoms with van der Waals surface area (Å²) in [6.45, 7) is 8.81. The van der Waals surface area contributed by atoms with Gasteiger partial charge in [-0.1, -0.05) is 49.7 Å². The maximum atomic E-state index is 8.66. The molecule has 1 rings (SSSR count). The third kappa shape index (κ3) is 4.85. The Morgan fingerprint density at radius 2 is 1.95 bits per heavy atom. The lowest BCUT2D eigenvalue weighted by Crippen LogP contribution is -2.33. The molecule has 1 atom stereocenters. The number of oxime groups is 1. The molecule has 0 spiro atoms. The summed E-state index contributed by atoms with van der Waals surface area (Å²) < 4.78 is 0. The van der Waals surface area contributed by atoms with Crippen molar-refractivity contribution in [2.75, 3.05) is 6.54 Å². The van der Waals surface area contributed by atoms with Gasteiger partial charge in [-0.25, -0.2) is 0 Å². The molecule has 0 radical (unpaired) electrons. The first-order chi connectivity index (χ1) is 9.62. The molecule has 20 heavy (non-hydrogen) atoms. The second kappa shape index (κ2) is 8.59. The minimum absolute atomic E-state index is 0.154. The van der Waals surface area contributed by atoms with Crippen LogP contribution in [0.2, 0.25) is 0 Å². The summed E-state index contributed by atoms with van der Waals surface area (Å²) in [5.74, 6) is 0.154. The van der Waals surface area contributed by atoms with Gasteiger partial charge in [0, 0.05) is 18.2 Å². The second-order valence-corrected chi connectivity index (χ2v) is 5.26. The summed E-state index contributed by atoms with van der Waals surface area (Å²) in [6.07, 6.45) is 3.60. The summed E-state index contributed by atoms with van der Waals surface area (Å²) in [7, 11) is 0. The Bertz CT molecular complexity index is 414. The van der Waals surface area contributed by atoms with Gasteiger partial charge in [0.25, 0.3) is 0 Å². The zero-order chi connectivity index (χ0) is 15.0. The summed E-state index contributed by atoms with van der Waals surface area (Å²) in [5.41, 5.74) is 7.58. The van der Waals surface area contributed by atoms with Crippen LogP contribution in [0.25, 0.3) is 0 Å². The first-order valence-electron chi connectivity index (χ1n) is 7.43. The molecular weight excluding hydrogens is 250 g/mol. The average molecular weight is 277 g/mol. The van der Waals surface area contributed by atoms with Gasteiger partial charge >= 0.3 is 0 Å². The molecule has 3 N–H and O–H groups in total. The van der Waals surface area contributed by atoms with Gasteiger partial charge < -0.3 is 10.9 Å². The Hall–Kier alpha value is -1.55. The Balaban J connectivity index is 2.72. The van der Waals surface area contributed by atoms with Gasteiger partial charge in [0.2, 0.25) is 0 Å². The van der Waals surface area contributed by atoms with E-state index in [9.17, 15) is 0 Å². The van der Waals surface area contributed by atoms with Crippen LogP contribution in [0.1, 0.15) is 51.2 Å². The number of amidine groups is 1. The zero-order valence-electron chi connectivity index (χ0n) is 12.8. The topological polar surface area (TPSA) is 61.8 Å². The highest BCUT2D eigenvalue weighted by molar-refractivity contribution is 5.96. The first kappa shape index (κ1) is 16.5. The van der Waals surface area contributed by atoms with Crippen molar-refractivity contribution >= 4 is 5.84 Å². The lowest BCUT2D eigenvalue weighted by molar-refractivity contribution is 0.192. The fourth-order valence-electron chi connectivity index (χ4n) is 2.15. The van der Waals surface area contributed by atoms with Crippen LogP contribution in [0.5, 0.6) is 0 Å². The third-order valence-electron chi connectivity index (χ3n) is 3.76. The van der Waals surface area contributed by atoms with Crippen molar-refractivity contribution in [2.24, 2.45) is 10.9 Å². The average Bonchev–Trinajstić information content (AvgIpc) is 2.50. The van der Waals surface area contributed by atoms with Crippen molar-refractivity contribution in [1.29, 1.82) is 0 Å². The molecule has 0 aliphatic carbocycles. The SMILES string of the molecule is CCCCN(Cc1ccc(C(N)=NO)cc1)C(C)CC. The van der Waals surface area contributed by atoms with Gasteiger partial charge in [0.05, 0.1) is 0 Å². The van der Waals surface area contributed by atoms with Gasteiger partial charge in [-0.2, -0.15) is 0 Å². The van der Waals surface area contributed by atoms with E-state index in [0.717, 1.165) is 25.1 Å². The van der Waals surface area contributed by atoms with Crippen LogP contribution in [-0.2, 0) is 6.54 Å². The van der Waals surface area contributed by atoms with Gasteiger partial charge in [0.1, 0.15) is 0 Å². The number of hydrogen-bond acceptors (Lipinski definition) is 3. The molecule has 1 unspecified atom stereocenters. The Kier molecular flexibility index (Phi) is 7.09. The fourth-order valence-corrected chi connectivity index (χ4v) is 2.15. The fraction of sp³-hybridized carbons (Fsp3) is 0.562. The number of rotatable bonds is 8. The normalized spacial score (nSPS) is 13.7. The molecular formula is C16H27N3O. The van der Waals surface area contributed by atoms with Crippen LogP contribution >= 0.6 is 0 Å². The molecule has 112 valence electrons. The molecule has 0 saturated heterocycles. The number of nitrogens with two attached hydrogens (primary N) is 1. The van der Waals surface area contributed by atoms with E-state index in [1.807, 2.05) is 12.1 Å². The number of hydrogen-bond donors (Lipinski definition) is 2. The van der Waals surface area contributed by atoms with E-state index in [2.05, 4.69) is 43.0 Å². The van der Waals surface area contributed by atoms with Crippen LogP contribution in [0.3, 0.4) is 0 Å². The Labute approximate surface area is 122 Å². The van der Waals surface area contributed by atoms with Crippen LogP contribution in [0.4, 0.5) is 0 Å². The maximum absolute atomic E-state index is 8.66. The van der Waals surface area contributed by atoms with Crippen molar-refractivity contribution in [3.05, 3.63) is 35.4 Å². The Morgan fingerprint density at radius 1 is 1.30 bits per heavy atom. The number of benzene rings is 1. The molecule has 0 saturated carbocycles. The first-order valence-corrected chi connectivity index (χ1v) is 7.43. The second-order valence-electron chi connectivity index (χ2n) is 5.26. The maximum Gasteiger partial charge on any atom is 0.170 e. The third-order valence-corrected chi connectivity index (χ3v) is 3.76. The van der Waals surface area contributed by atoms with Crippen molar-refractivity contribution < 1.29 is 5.21 Å². The van der Waals surface area contributed by atoms with Crippen molar-refractivity contribution in [3.8, 4) is 0 Å². The molecule has 4 heteroatoms.